The van der Waals surface area contributed by atoms with Gasteiger partial charge in [-0.15, -0.1) is 0 Å². The lowest BCUT2D eigenvalue weighted by atomic mass is 9.74. The molecular weight excluding hydrogens is 357 g/mol. The van der Waals surface area contributed by atoms with Crippen LogP contribution in [-0.2, 0) is 11.2 Å². The van der Waals surface area contributed by atoms with Crippen LogP contribution in [0, 0.1) is 11.7 Å². The van der Waals surface area contributed by atoms with Gasteiger partial charge in [0.1, 0.15) is 11.6 Å². The van der Waals surface area contributed by atoms with Gasteiger partial charge in [0.2, 0.25) is 5.91 Å². The molecule has 9 heteroatoms. The zero-order valence-corrected chi connectivity index (χ0v) is 14.6. The van der Waals surface area contributed by atoms with Gasteiger partial charge >= 0.3 is 5.69 Å². The number of benzene rings is 1. The Labute approximate surface area is 153 Å². The third kappa shape index (κ3) is 4.25. The number of methoxy groups -OCH3 is 1. The number of nitrogens with one attached hydrogen (secondary N) is 3. The number of hydrogen-bond acceptors (Lipinski definition) is 5. The molecule has 0 radical (unpaired) electrons. The number of halogens is 1. The number of ether oxygens (including phenoxy) is 1. The van der Waals surface area contributed by atoms with E-state index in [4.69, 9.17) is 4.74 Å². The Morgan fingerprint density at radius 3 is 2.78 bits per heavy atom. The van der Waals surface area contributed by atoms with Gasteiger partial charge in [0.15, 0.2) is 0 Å². The molecule has 2 aromatic rings. The van der Waals surface area contributed by atoms with Crippen molar-refractivity contribution in [1.29, 1.82) is 0 Å². The summed E-state index contributed by atoms with van der Waals surface area (Å²) in [6.45, 7) is 0. The third-order valence-corrected chi connectivity index (χ3v) is 4.71. The van der Waals surface area contributed by atoms with Gasteiger partial charge in [0, 0.05) is 17.3 Å². The van der Waals surface area contributed by atoms with Gasteiger partial charge in [0.05, 0.1) is 25.7 Å². The zero-order valence-electron chi connectivity index (χ0n) is 14.6. The zero-order chi connectivity index (χ0) is 19.6. The number of aliphatic hydroxyl groups is 1. The van der Waals surface area contributed by atoms with Crippen LogP contribution in [0.25, 0.3) is 0 Å². The summed E-state index contributed by atoms with van der Waals surface area (Å²) in [5.74, 6) is -0.606. The van der Waals surface area contributed by atoms with Gasteiger partial charge < -0.3 is 20.1 Å². The number of hydrogen-bond donors (Lipinski definition) is 4. The molecule has 1 aromatic carbocycles. The van der Waals surface area contributed by atoms with Crippen molar-refractivity contribution in [2.75, 3.05) is 7.11 Å². The second-order valence-corrected chi connectivity index (χ2v) is 6.59. The maximum atomic E-state index is 13.8. The fraction of sp³-hybridized carbons (Fsp3) is 0.389. The Morgan fingerprint density at radius 2 is 2.15 bits per heavy atom. The lowest BCUT2D eigenvalue weighted by Crippen LogP contribution is -2.42. The summed E-state index contributed by atoms with van der Waals surface area (Å²) >= 11 is 0. The molecule has 0 bridgehead atoms. The molecule has 3 rings (SSSR count). The minimum absolute atomic E-state index is 0.0893. The molecule has 0 spiro atoms. The number of H-pyrrole nitrogens is 2. The SMILES string of the molecule is COc1ccc(F)cc1C(NC(=O)Cc1c[nH]c(=O)[nH]c1=O)C1CC(O)C1. The number of aromatic amines is 2. The van der Waals surface area contributed by atoms with Gasteiger partial charge in [-0.05, 0) is 37.0 Å². The molecule has 4 N–H and O–H groups in total. The van der Waals surface area contributed by atoms with E-state index in [0.29, 0.717) is 24.2 Å². The molecule has 0 aliphatic heterocycles. The molecule has 1 saturated carbocycles. The molecule has 1 unspecified atom stereocenters. The highest BCUT2D eigenvalue weighted by Crippen LogP contribution is 2.41. The standard InChI is InChI=1S/C18H20FN3O5/c1-27-14-3-2-11(19)7-13(14)16(9-4-12(23)5-9)21-15(24)6-10-8-20-18(26)22-17(10)25/h2-3,7-9,12,16,23H,4-6H2,1H3,(H,21,24)(H2,20,22,25,26). The van der Waals surface area contributed by atoms with Gasteiger partial charge in [-0.25, -0.2) is 9.18 Å². The summed E-state index contributed by atoms with van der Waals surface area (Å²) in [4.78, 5) is 39.7. The van der Waals surface area contributed by atoms with Crippen molar-refractivity contribution in [3.05, 3.63) is 62.2 Å². The molecule has 1 heterocycles. The summed E-state index contributed by atoms with van der Waals surface area (Å²) in [5.41, 5.74) is -0.730. The minimum Gasteiger partial charge on any atom is -0.496 e. The van der Waals surface area contributed by atoms with Crippen LogP contribution in [0.5, 0.6) is 5.75 Å². The van der Waals surface area contributed by atoms with Crippen LogP contribution in [0.4, 0.5) is 4.39 Å². The van der Waals surface area contributed by atoms with E-state index in [2.05, 4.69) is 15.3 Å². The van der Waals surface area contributed by atoms with Crippen LogP contribution in [0.1, 0.15) is 30.0 Å². The highest BCUT2D eigenvalue weighted by molar-refractivity contribution is 5.79. The maximum Gasteiger partial charge on any atom is 0.325 e. The molecule has 1 aliphatic rings. The predicted molar refractivity (Wildman–Crippen MR) is 94.0 cm³/mol. The first-order chi connectivity index (χ1) is 12.9. The Kier molecular flexibility index (Phi) is 5.41. The van der Waals surface area contributed by atoms with Crippen LogP contribution >= 0.6 is 0 Å². The number of amides is 1. The first-order valence-electron chi connectivity index (χ1n) is 8.49. The van der Waals surface area contributed by atoms with E-state index in [0.717, 1.165) is 0 Å². The van der Waals surface area contributed by atoms with E-state index in [9.17, 15) is 23.9 Å². The second-order valence-electron chi connectivity index (χ2n) is 6.59. The van der Waals surface area contributed by atoms with Gasteiger partial charge in [-0.1, -0.05) is 0 Å². The topological polar surface area (TPSA) is 124 Å². The second kappa shape index (κ2) is 7.75. The summed E-state index contributed by atoms with van der Waals surface area (Å²) in [7, 11) is 1.45. The number of carbonyl (C=O) groups is 1. The smallest absolute Gasteiger partial charge is 0.325 e. The fourth-order valence-electron chi connectivity index (χ4n) is 3.27. The Bertz CT molecular complexity index is 948. The lowest BCUT2D eigenvalue weighted by molar-refractivity contribution is -0.122. The molecule has 8 nitrogen and oxygen atoms in total. The Hall–Kier alpha value is -2.94. The molecule has 1 fully saturated rings. The van der Waals surface area contributed by atoms with E-state index in [1.54, 1.807) is 0 Å². The third-order valence-electron chi connectivity index (χ3n) is 4.71. The molecule has 1 amide bonds. The summed E-state index contributed by atoms with van der Waals surface area (Å²) in [6, 6.07) is 3.46. The van der Waals surface area contributed by atoms with Crippen molar-refractivity contribution >= 4 is 5.91 Å². The normalized spacial score (nSPS) is 19.8. The van der Waals surface area contributed by atoms with Crippen molar-refractivity contribution < 1.29 is 19.0 Å². The average Bonchev–Trinajstić information content (AvgIpc) is 2.59. The van der Waals surface area contributed by atoms with Gasteiger partial charge in [-0.2, -0.15) is 0 Å². The Morgan fingerprint density at radius 1 is 1.41 bits per heavy atom. The number of aromatic nitrogens is 2. The highest BCUT2D eigenvalue weighted by Gasteiger charge is 2.37. The largest absolute Gasteiger partial charge is 0.496 e. The molecule has 144 valence electrons. The average molecular weight is 377 g/mol. The summed E-state index contributed by atoms with van der Waals surface area (Å²) in [5, 5.41) is 12.4. The first kappa shape index (κ1) is 18.8. The molecule has 1 aromatic heterocycles. The molecule has 1 atom stereocenters. The van der Waals surface area contributed by atoms with Crippen LogP contribution in [0.2, 0.25) is 0 Å². The van der Waals surface area contributed by atoms with E-state index in [1.165, 1.54) is 31.5 Å². The number of rotatable bonds is 6. The van der Waals surface area contributed by atoms with E-state index in [1.807, 2.05) is 0 Å². The quantitative estimate of drug-likeness (QED) is 0.579. The Balaban J connectivity index is 1.84. The van der Waals surface area contributed by atoms with Crippen molar-refractivity contribution in [1.82, 2.24) is 15.3 Å². The highest BCUT2D eigenvalue weighted by atomic mass is 19.1. The first-order valence-corrected chi connectivity index (χ1v) is 8.49. The van der Waals surface area contributed by atoms with Gasteiger partial charge in [0.25, 0.3) is 5.56 Å². The van der Waals surface area contributed by atoms with Crippen molar-refractivity contribution in [2.45, 2.75) is 31.4 Å². The lowest BCUT2D eigenvalue weighted by Gasteiger charge is -2.38. The van der Waals surface area contributed by atoms with Crippen molar-refractivity contribution in [3.8, 4) is 5.75 Å². The monoisotopic (exact) mass is 377 g/mol. The summed E-state index contributed by atoms with van der Waals surface area (Å²) in [6.07, 6.45) is 1.39. The number of aliphatic hydroxyl groups excluding tert-OH is 1. The predicted octanol–water partition coefficient (Wildman–Crippen LogP) is 0.382. The van der Waals surface area contributed by atoms with Crippen LogP contribution in [-0.4, -0.2) is 34.2 Å². The molecule has 0 saturated heterocycles. The van der Waals surface area contributed by atoms with E-state index < -0.39 is 35.1 Å². The van der Waals surface area contributed by atoms with E-state index in [-0.39, 0.29) is 17.9 Å². The van der Waals surface area contributed by atoms with Crippen LogP contribution in [0.15, 0.2) is 34.0 Å². The van der Waals surface area contributed by atoms with Crippen molar-refractivity contribution in [3.63, 3.8) is 0 Å². The number of carbonyl (C=O) groups excluding carboxylic acids is 1. The summed E-state index contributed by atoms with van der Waals surface area (Å²) < 4.78 is 19.1. The molecule has 27 heavy (non-hydrogen) atoms. The van der Waals surface area contributed by atoms with Crippen molar-refractivity contribution in [2.24, 2.45) is 5.92 Å². The van der Waals surface area contributed by atoms with Crippen LogP contribution < -0.4 is 21.3 Å². The van der Waals surface area contributed by atoms with E-state index >= 15 is 0 Å². The molecular formula is C18H20FN3O5. The van der Waals surface area contributed by atoms with Crippen LogP contribution in [0.3, 0.4) is 0 Å². The molecule has 1 aliphatic carbocycles. The minimum atomic E-state index is -0.657. The maximum absolute atomic E-state index is 13.8. The van der Waals surface area contributed by atoms with Gasteiger partial charge in [-0.3, -0.25) is 14.6 Å². The fourth-order valence-corrected chi connectivity index (χ4v) is 3.27.